The molecule has 3 heterocycles. The van der Waals surface area contributed by atoms with Crippen molar-refractivity contribution in [1.82, 2.24) is 19.7 Å². The molecule has 162 valence electrons. The Kier molecular flexibility index (Phi) is 5.49. The van der Waals surface area contributed by atoms with Crippen LogP contribution in [-0.2, 0) is 17.8 Å². The molecule has 1 aliphatic rings. The molecule has 1 saturated heterocycles. The van der Waals surface area contributed by atoms with Gasteiger partial charge in [0.25, 0.3) is 5.56 Å². The Morgan fingerprint density at radius 1 is 1.12 bits per heavy atom. The molecule has 5 rings (SSSR count). The molecule has 1 unspecified atom stereocenters. The first-order valence-electron chi connectivity index (χ1n) is 10.5. The summed E-state index contributed by atoms with van der Waals surface area (Å²) in [6, 6.07) is 14.6. The second-order valence-corrected chi connectivity index (χ2v) is 8.34. The second kappa shape index (κ2) is 8.59. The van der Waals surface area contributed by atoms with E-state index in [-0.39, 0.29) is 24.1 Å². The second-order valence-electron chi connectivity index (χ2n) is 7.91. The van der Waals surface area contributed by atoms with Gasteiger partial charge in [0.05, 0.1) is 17.8 Å². The average Bonchev–Trinajstić information content (AvgIpc) is 3.47. The van der Waals surface area contributed by atoms with Crippen LogP contribution in [0, 0.1) is 0 Å². The first-order valence-corrected chi connectivity index (χ1v) is 10.9. The number of nitrogens with zero attached hydrogens (tertiary/aromatic N) is 4. The summed E-state index contributed by atoms with van der Waals surface area (Å²) >= 11 is 5.95. The van der Waals surface area contributed by atoms with Crippen LogP contribution in [0.15, 0.2) is 70.1 Å². The summed E-state index contributed by atoms with van der Waals surface area (Å²) in [5, 5.41) is 6.17. The highest BCUT2D eigenvalue weighted by molar-refractivity contribution is 6.30. The number of hydrogen-bond acceptors (Lipinski definition) is 5. The number of rotatable bonds is 5. The summed E-state index contributed by atoms with van der Waals surface area (Å²) in [6.45, 7) is 0.485. The Balaban J connectivity index is 1.32. The van der Waals surface area contributed by atoms with E-state index in [1.807, 2.05) is 36.4 Å². The van der Waals surface area contributed by atoms with Crippen LogP contribution in [0.2, 0.25) is 5.02 Å². The van der Waals surface area contributed by atoms with E-state index in [1.54, 1.807) is 29.4 Å². The molecule has 0 radical (unpaired) electrons. The Morgan fingerprint density at radius 2 is 1.94 bits per heavy atom. The first kappa shape index (κ1) is 20.5. The van der Waals surface area contributed by atoms with Crippen molar-refractivity contribution in [3.63, 3.8) is 0 Å². The molecule has 1 atom stereocenters. The summed E-state index contributed by atoms with van der Waals surface area (Å²) in [7, 11) is 0. The van der Waals surface area contributed by atoms with Crippen molar-refractivity contribution in [3.8, 4) is 0 Å². The van der Waals surface area contributed by atoms with Crippen LogP contribution < -0.4 is 5.56 Å². The van der Waals surface area contributed by atoms with Gasteiger partial charge in [-0.3, -0.25) is 9.59 Å². The van der Waals surface area contributed by atoms with E-state index in [9.17, 15) is 9.59 Å². The standard InChI is InChI=1S/C24H21ClN4O3/c25-18-9-7-16(8-10-18)12-19-14-26-23(32-19)21-6-3-11-28(21)22(30)15-29-24(31)20-5-2-1-4-17(20)13-27-29/h1-2,4-5,7-10,13-14,21H,3,6,11-12,15H2. The molecule has 7 nitrogen and oxygen atoms in total. The number of carbonyl (C=O) groups excluding carboxylic acids is 1. The third-order valence-electron chi connectivity index (χ3n) is 5.77. The van der Waals surface area contributed by atoms with E-state index in [0.29, 0.717) is 29.3 Å². The maximum Gasteiger partial charge on any atom is 0.275 e. The molecule has 1 amide bonds. The Hall–Kier alpha value is -3.45. The average molecular weight is 449 g/mol. The number of hydrogen-bond donors (Lipinski definition) is 0. The molecule has 0 N–H and O–H groups in total. The third-order valence-corrected chi connectivity index (χ3v) is 6.02. The van der Waals surface area contributed by atoms with E-state index in [2.05, 4.69) is 10.1 Å². The monoisotopic (exact) mass is 448 g/mol. The van der Waals surface area contributed by atoms with Gasteiger partial charge in [0, 0.05) is 23.4 Å². The van der Waals surface area contributed by atoms with E-state index in [4.69, 9.17) is 16.0 Å². The van der Waals surface area contributed by atoms with Crippen LogP contribution in [0.3, 0.4) is 0 Å². The van der Waals surface area contributed by atoms with Gasteiger partial charge in [-0.25, -0.2) is 9.67 Å². The zero-order valence-corrected chi connectivity index (χ0v) is 18.0. The van der Waals surface area contributed by atoms with Crippen LogP contribution in [0.25, 0.3) is 10.8 Å². The molecule has 1 aliphatic heterocycles. The van der Waals surface area contributed by atoms with Crippen molar-refractivity contribution in [2.24, 2.45) is 0 Å². The molecule has 1 fully saturated rings. The molecule has 0 saturated carbocycles. The van der Waals surface area contributed by atoms with Gasteiger partial charge in [-0.15, -0.1) is 0 Å². The highest BCUT2D eigenvalue weighted by Gasteiger charge is 2.33. The van der Waals surface area contributed by atoms with E-state index in [1.165, 1.54) is 4.68 Å². The number of aromatic nitrogens is 3. The van der Waals surface area contributed by atoms with Gasteiger partial charge in [0.2, 0.25) is 11.8 Å². The summed E-state index contributed by atoms with van der Waals surface area (Å²) < 4.78 is 7.22. The predicted octanol–water partition coefficient (Wildman–Crippen LogP) is 3.99. The van der Waals surface area contributed by atoms with Crippen molar-refractivity contribution in [3.05, 3.63) is 93.5 Å². The molecule has 32 heavy (non-hydrogen) atoms. The summed E-state index contributed by atoms with van der Waals surface area (Å²) in [5.74, 6) is 1.09. The molecule has 0 aliphatic carbocycles. The van der Waals surface area contributed by atoms with Crippen LogP contribution in [0.4, 0.5) is 0 Å². The van der Waals surface area contributed by atoms with Crippen molar-refractivity contribution in [1.29, 1.82) is 0 Å². The fourth-order valence-corrected chi connectivity index (χ4v) is 4.27. The maximum absolute atomic E-state index is 13.1. The van der Waals surface area contributed by atoms with Crippen molar-refractivity contribution in [2.45, 2.75) is 31.8 Å². The summed E-state index contributed by atoms with van der Waals surface area (Å²) in [5.41, 5.74) is 0.798. The number of likely N-dealkylation sites (tertiary alicyclic amines) is 1. The Labute approximate surface area is 189 Å². The Bertz CT molecular complexity index is 1330. The summed E-state index contributed by atoms with van der Waals surface area (Å²) in [6.07, 6.45) is 5.54. The van der Waals surface area contributed by atoms with Gasteiger partial charge in [-0.05, 0) is 36.6 Å². The number of fused-ring (bicyclic) bond motifs is 1. The first-order chi connectivity index (χ1) is 15.6. The van der Waals surface area contributed by atoms with Gasteiger partial charge in [0.1, 0.15) is 18.3 Å². The number of halogens is 1. The fourth-order valence-electron chi connectivity index (χ4n) is 4.14. The topological polar surface area (TPSA) is 81.2 Å². The lowest BCUT2D eigenvalue weighted by molar-refractivity contribution is -0.133. The number of carbonyl (C=O) groups is 1. The Morgan fingerprint density at radius 3 is 2.78 bits per heavy atom. The van der Waals surface area contributed by atoms with Crippen molar-refractivity contribution in [2.75, 3.05) is 6.54 Å². The smallest absolute Gasteiger partial charge is 0.275 e. The van der Waals surface area contributed by atoms with Crippen LogP contribution in [0.1, 0.15) is 36.1 Å². The number of benzene rings is 2. The van der Waals surface area contributed by atoms with E-state index < -0.39 is 0 Å². The molecular formula is C24H21ClN4O3. The molecule has 8 heteroatoms. The lowest BCUT2D eigenvalue weighted by atomic mass is 10.1. The van der Waals surface area contributed by atoms with E-state index >= 15 is 0 Å². The highest BCUT2D eigenvalue weighted by Crippen LogP contribution is 2.32. The lowest BCUT2D eigenvalue weighted by Gasteiger charge is -2.22. The maximum atomic E-state index is 13.1. The third kappa shape index (κ3) is 4.03. The van der Waals surface area contributed by atoms with Crippen LogP contribution in [-0.4, -0.2) is 32.1 Å². The normalized spacial score (nSPS) is 16.0. The van der Waals surface area contributed by atoms with Crippen molar-refractivity contribution < 1.29 is 9.21 Å². The minimum Gasteiger partial charge on any atom is -0.443 e. The molecular weight excluding hydrogens is 428 g/mol. The largest absolute Gasteiger partial charge is 0.443 e. The molecule has 0 spiro atoms. The minimum atomic E-state index is -0.270. The SMILES string of the molecule is O=C(Cn1ncc2ccccc2c1=O)N1CCCC1c1ncc(Cc2ccc(Cl)cc2)o1. The van der Waals surface area contributed by atoms with Gasteiger partial charge in [-0.1, -0.05) is 41.9 Å². The van der Waals surface area contributed by atoms with Gasteiger partial charge in [-0.2, -0.15) is 5.10 Å². The van der Waals surface area contributed by atoms with E-state index in [0.717, 1.165) is 29.6 Å². The number of amides is 1. The van der Waals surface area contributed by atoms with Crippen LogP contribution >= 0.6 is 11.6 Å². The molecule has 2 aromatic carbocycles. The zero-order chi connectivity index (χ0) is 22.1. The molecule has 4 aromatic rings. The minimum absolute atomic E-state index is 0.113. The van der Waals surface area contributed by atoms with Crippen LogP contribution in [0.5, 0.6) is 0 Å². The van der Waals surface area contributed by atoms with Gasteiger partial charge >= 0.3 is 0 Å². The number of oxazole rings is 1. The van der Waals surface area contributed by atoms with Crippen molar-refractivity contribution >= 4 is 28.3 Å². The molecule has 0 bridgehead atoms. The highest BCUT2D eigenvalue weighted by atomic mass is 35.5. The molecule has 2 aromatic heterocycles. The van der Waals surface area contributed by atoms with Gasteiger partial charge < -0.3 is 9.32 Å². The predicted molar refractivity (Wildman–Crippen MR) is 120 cm³/mol. The summed E-state index contributed by atoms with van der Waals surface area (Å²) in [4.78, 5) is 32.0. The quantitative estimate of drug-likeness (QED) is 0.461. The lowest BCUT2D eigenvalue weighted by Crippen LogP contribution is -2.37. The zero-order valence-electron chi connectivity index (χ0n) is 17.3. The fraction of sp³-hybridized carbons (Fsp3) is 0.250. The van der Waals surface area contributed by atoms with Gasteiger partial charge in [0.15, 0.2) is 0 Å².